The molecule has 0 aromatic heterocycles. The first-order valence-electron chi connectivity index (χ1n) is 9.27. The van der Waals surface area contributed by atoms with Crippen LogP contribution in [0.5, 0.6) is 5.75 Å². The van der Waals surface area contributed by atoms with Gasteiger partial charge < -0.3 is 4.74 Å². The number of carbonyl (C=O) groups is 1. The van der Waals surface area contributed by atoms with Crippen LogP contribution in [-0.4, -0.2) is 5.97 Å². The standard InChI is InChI=1S/C20H28ClFO2/c1-2-3-4-5-6-7-15-8-10-16(11-9-15)20(23)24-19-13-12-17(22)14-18(19)21/h12-16H,2-11H2,1H3/t15-,16-. The fourth-order valence-electron chi connectivity index (χ4n) is 3.47. The zero-order valence-corrected chi connectivity index (χ0v) is 15.3. The summed E-state index contributed by atoms with van der Waals surface area (Å²) >= 11 is 5.91. The fourth-order valence-corrected chi connectivity index (χ4v) is 3.68. The average Bonchev–Trinajstić information content (AvgIpc) is 2.57. The van der Waals surface area contributed by atoms with Crippen molar-refractivity contribution in [2.45, 2.75) is 71.1 Å². The summed E-state index contributed by atoms with van der Waals surface area (Å²) < 4.78 is 18.4. The maximum absolute atomic E-state index is 13.0. The monoisotopic (exact) mass is 354 g/mol. The molecule has 0 aliphatic heterocycles. The largest absolute Gasteiger partial charge is 0.425 e. The summed E-state index contributed by atoms with van der Waals surface area (Å²) in [6, 6.07) is 3.83. The molecular weight excluding hydrogens is 327 g/mol. The van der Waals surface area contributed by atoms with E-state index in [-0.39, 0.29) is 22.7 Å². The molecule has 1 aliphatic carbocycles. The van der Waals surface area contributed by atoms with E-state index in [2.05, 4.69) is 6.92 Å². The van der Waals surface area contributed by atoms with Crippen molar-refractivity contribution in [2.75, 3.05) is 0 Å². The Kier molecular flexibility index (Phi) is 8.04. The van der Waals surface area contributed by atoms with Crippen LogP contribution in [0.1, 0.15) is 71.1 Å². The van der Waals surface area contributed by atoms with Crippen molar-refractivity contribution in [3.05, 3.63) is 29.0 Å². The van der Waals surface area contributed by atoms with Crippen molar-refractivity contribution in [2.24, 2.45) is 11.8 Å². The van der Waals surface area contributed by atoms with Gasteiger partial charge in [-0.2, -0.15) is 0 Å². The number of benzene rings is 1. The van der Waals surface area contributed by atoms with Gasteiger partial charge >= 0.3 is 5.97 Å². The van der Waals surface area contributed by atoms with Crippen LogP contribution in [0.25, 0.3) is 0 Å². The molecule has 0 unspecified atom stereocenters. The first-order valence-corrected chi connectivity index (χ1v) is 9.64. The van der Waals surface area contributed by atoms with Gasteiger partial charge in [0.1, 0.15) is 11.6 Å². The Hall–Kier alpha value is -1.09. The zero-order chi connectivity index (χ0) is 17.4. The molecule has 0 amide bonds. The van der Waals surface area contributed by atoms with E-state index in [4.69, 9.17) is 16.3 Å². The highest BCUT2D eigenvalue weighted by Gasteiger charge is 2.27. The molecule has 0 saturated heterocycles. The minimum atomic E-state index is -0.431. The minimum absolute atomic E-state index is 0.0533. The van der Waals surface area contributed by atoms with Gasteiger partial charge in [0.25, 0.3) is 0 Å². The Balaban J connectivity index is 1.70. The summed E-state index contributed by atoms with van der Waals surface area (Å²) in [6.07, 6.45) is 11.9. The Labute approximate surface area is 149 Å². The van der Waals surface area contributed by atoms with Gasteiger partial charge in [-0.3, -0.25) is 4.79 Å². The van der Waals surface area contributed by atoms with Crippen LogP contribution in [0.2, 0.25) is 5.02 Å². The number of ether oxygens (including phenoxy) is 1. The minimum Gasteiger partial charge on any atom is -0.425 e. The van der Waals surface area contributed by atoms with Crippen LogP contribution in [0.15, 0.2) is 18.2 Å². The fraction of sp³-hybridized carbons (Fsp3) is 0.650. The molecule has 2 rings (SSSR count). The normalized spacial score (nSPS) is 20.8. The molecule has 0 atom stereocenters. The summed E-state index contributed by atoms with van der Waals surface area (Å²) in [6.45, 7) is 2.24. The van der Waals surface area contributed by atoms with Gasteiger partial charge in [-0.1, -0.05) is 57.0 Å². The van der Waals surface area contributed by atoms with Crippen molar-refractivity contribution in [3.8, 4) is 5.75 Å². The summed E-state index contributed by atoms with van der Waals surface area (Å²) in [5.41, 5.74) is 0. The van der Waals surface area contributed by atoms with Crippen molar-refractivity contribution in [3.63, 3.8) is 0 Å². The second-order valence-electron chi connectivity index (χ2n) is 6.92. The second-order valence-corrected chi connectivity index (χ2v) is 7.32. The van der Waals surface area contributed by atoms with Gasteiger partial charge in [0.2, 0.25) is 0 Å². The first kappa shape index (κ1) is 19.2. The van der Waals surface area contributed by atoms with Crippen molar-refractivity contribution in [1.29, 1.82) is 0 Å². The molecule has 0 heterocycles. The Bertz CT molecular complexity index is 524. The van der Waals surface area contributed by atoms with E-state index in [1.165, 1.54) is 56.7 Å². The smallest absolute Gasteiger partial charge is 0.314 e. The predicted molar refractivity (Wildman–Crippen MR) is 95.9 cm³/mol. The number of esters is 1. The lowest BCUT2D eigenvalue weighted by molar-refractivity contribution is -0.140. The average molecular weight is 355 g/mol. The number of hydrogen-bond donors (Lipinski definition) is 0. The van der Waals surface area contributed by atoms with Crippen molar-refractivity contribution in [1.82, 2.24) is 0 Å². The SMILES string of the molecule is CCCCCCC[C@H]1CC[C@H](C(=O)Oc2ccc(F)cc2Cl)CC1. The maximum atomic E-state index is 13.0. The molecule has 134 valence electrons. The molecule has 0 spiro atoms. The summed E-state index contributed by atoms with van der Waals surface area (Å²) in [7, 11) is 0. The van der Waals surface area contributed by atoms with Crippen molar-refractivity contribution < 1.29 is 13.9 Å². The Morgan fingerprint density at radius 1 is 1.17 bits per heavy atom. The molecule has 1 aromatic rings. The topological polar surface area (TPSA) is 26.3 Å². The van der Waals surface area contributed by atoms with Gasteiger partial charge in [-0.15, -0.1) is 0 Å². The summed E-state index contributed by atoms with van der Waals surface area (Å²) in [5.74, 6) is 0.290. The zero-order valence-electron chi connectivity index (χ0n) is 14.5. The molecule has 1 fully saturated rings. The predicted octanol–water partition coefficient (Wildman–Crippen LogP) is 6.55. The highest BCUT2D eigenvalue weighted by molar-refractivity contribution is 6.32. The molecule has 0 radical (unpaired) electrons. The number of halogens is 2. The second kappa shape index (κ2) is 10.0. The van der Waals surface area contributed by atoms with E-state index < -0.39 is 5.82 Å². The molecule has 4 heteroatoms. The Morgan fingerprint density at radius 2 is 1.88 bits per heavy atom. The van der Waals surface area contributed by atoms with E-state index >= 15 is 0 Å². The van der Waals surface area contributed by atoms with Gasteiger partial charge in [0, 0.05) is 0 Å². The third kappa shape index (κ3) is 6.08. The third-order valence-corrected chi connectivity index (χ3v) is 5.30. The van der Waals surface area contributed by atoms with Gasteiger partial charge in [-0.05, 0) is 49.8 Å². The van der Waals surface area contributed by atoms with Crippen LogP contribution < -0.4 is 4.74 Å². The lowest BCUT2D eigenvalue weighted by atomic mass is 9.80. The summed E-state index contributed by atoms with van der Waals surface area (Å²) in [4.78, 5) is 12.3. The van der Waals surface area contributed by atoms with Gasteiger partial charge in [0.05, 0.1) is 10.9 Å². The number of unbranched alkanes of at least 4 members (excludes halogenated alkanes) is 4. The van der Waals surface area contributed by atoms with E-state index in [0.29, 0.717) is 0 Å². The molecule has 1 aromatic carbocycles. The van der Waals surface area contributed by atoms with E-state index in [1.807, 2.05) is 0 Å². The molecule has 0 N–H and O–H groups in total. The highest BCUT2D eigenvalue weighted by atomic mass is 35.5. The van der Waals surface area contributed by atoms with Crippen LogP contribution >= 0.6 is 11.6 Å². The van der Waals surface area contributed by atoms with Crippen LogP contribution in [0, 0.1) is 17.7 Å². The van der Waals surface area contributed by atoms with Crippen LogP contribution in [-0.2, 0) is 4.79 Å². The molecule has 24 heavy (non-hydrogen) atoms. The molecule has 2 nitrogen and oxygen atoms in total. The number of carbonyl (C=O) groups excluding carboxylic acids is 1. The van der Waals surface area contributed by atoms with Crippen LogP contribution in [0.4, 0.5) is 4.39 Å². The number of hydrogen-bond acceptors (Lipinski definition) is 2. The quantitative estimate of drug-likeness (QED) is 0.300. The molecule has 0 bridgehead atoms. The van der Waals surface area contributed by atoms with E-state index in [0.717, 1.165) is 31.6 Å². The van der Waals surface area contributed by atoms with Crippen molar-refractivity contribution >= 4 is 17.6 Å². The lowest BCUT2D eigenvalue weighted by Gasteiger charge is -2.27. The summed E-state index contributed by atoms with van der Waals surface area (Å²) in [5, 5.41) is 0.143. The third-order valence-electron chi connectivity index (χ3n) is 5.00. The van der Waals surface area contributed by atoms with E-state index in [9.17, 15) is 9.18 Å². The lowest BCUT2D eigenvalue weighted by Crippen LogP contribution is -2.25. The van der Waals surface area contributed by atoms with Gasteiger partial charge in [0.15, 0.2) is 0 Å². The highest BCUT2D eigenvalue weighted by Crippen LogP contribution is 2.34. The van der Waals surface area contributed by atoms with Crippen LogP contribution in [0.3, 0.4) is 0 Å². The Morgan fingerprint density at radius 3 is 2.54 bits per heavy atom. The molecular formula is C20H28ClFO2. The molecule has 1 saturated carbocycles. The van der Waals surface area contributed by atoms with E-state index in [1.54, 1.807) is 0 Å². The maximum Gasteiger partial charge on any atom is 0.314 e. The van der Waals surface area contributed by atoms with Gasteiger partial charge in [-0.25, -0.2) is 4.39 Å². The number of rotatable bonds is 8. The molecule has 1 aliphatic rings. The first-order chi connectivity index (χ1) is 11.6.